The molecule has 5 heteroatoms. The number of ether oxygens (including phenoxy) is 1. The van der Waals surface area contributed by atoms with Gasteiger partial charge in [0, 0.05) is 36.1 Å². The molecule has 26 heavy (non-hydrogen) atoms. The third kappa shape index (κ3) is 1.60. The number of carbonyl (C=O) groups excluding carboxylic acids is 2. The molecule has 0 saturated carbocycles. The number of nitrogens with zero attached hydrogens (tertiary/aromatic N) is 2. The minimum atomic E-state index is -1.09. The summed E-state index contributed by atoms with van der Waals surface area (Å²) in [6.07, 6.45) is 2.90. The van der Waals surface area contributed by atoms with Crippen molar-refractivity contribution in [3.8, 4) is 0 Å². The van der Waals surface area contributed by atoms with Gasteiger partial charge in [-0.2, -0.15) is 0 Å². The molecule has 4 aliphatic heterocycles. The summed E-state index contributed by atoms with van der Waals surface area (Å²) in [7, 11) is 3.46. The highest BCUT2D eigenvalue weighted by Gasteiger charge is 2.66. The lowest BCUT2D eigenvalue weighted by atomic mass is 9.57. The van der Waals surface area contributed by atoms with Crippen LogP contribution >= 0.6 is 0 Å². The molecule has 1 aromatic heterocycles. The smallest absolute Gasteiger partial charge is 0.320 e. The second kappa shape index (κ2) is 5.07. The molecule has 0 spiro atoms. The predicted octanol–water partition coefficient (Wildman–Crippen LogP) is 2.39. The molecule has 134 valence electrons. The van der Waals surface area contributed by atoms with Gasteiger partial charge < -0.3 is 9.30 Å². The van der Waals surface area contributed by atoms with Gasteiger partial charge in [-0.05, 0) is 24.5 Å². The van der Waals surface area contributed by atoms with Crippen LogP contribution in [-0.4, -0.2) is 40.9 Å². The molecule has 5 atom stereocenters. The highest BCUT2D eigenvalue weighted by Crippen LogP contribution is 2.57. The van der Waals surface area contributed by atoms with Gasteiger partial charge in [0.2, 0.25) is 0 Å². The molecule has 4 aliphatic rings. The van der Waals surface area contributed by atoms with E-state index >= 15 is 0 Å². The molecule has 0 amide bonds. The molecule has 0 N–H and O–H groups in total. The first kappa shape index (κ1) is 15.8. The van der Waals surface area contributed by atoms with Gasteiger partial charge in [0.15, 0.2) is 5.78 Å². The number of Topliss-reactive ketones (excluding diaryl/α,β-unsaturated/α-hetero) is 1. The lowest BCUT2D eigenvalue weighted by Crippen LogP contribution is -2.70. The number of carbonyl (C=O) groups is 2. The van der Waals surface area contributed by atoms with Gasteiger partial charge in [-0.15, -0.1) is 6.58 Å². The monoisotopic (exact) mass is 350 g/mol. The van der Waals surface area contributed by atoms with Gasteiger partial charge in [0.25, 0.3) is 0 Å². The summed E-state index contributed by atoms with van der Waals surface area (Å²) in [5.74, 6) is -0.578. The van der Waals surface area contributed by atoms with Crippen LogP contribution in [0.1, 0.15) is 23.7 Å². The van der Waals surface area contributed by atoms with E-state index in [1.54, 1.807) is 6.08 Å². The van der Waals surface area contributed by atoms with Crippen LogP contribution in [0.3, 0.4) is 0 Å². The Morgan fingerprint density at radius 2 is 2.12 bits per heavy atom. The van der Waals surface area contributed by atoms with Crippen molar-refractivity contribution in [1.29, 1.82) is 0 Å². The van der Waals surface area contributed by atoms with E-state index in [0.717, 1.165) is 0 Å². The average molecular weight is 350 g/mol. The second-order valence-corrected chi connectivity index (χ2v) is 7.75. The Kier molecular flexibility index (Phi) is 3.09. The standard InChI is InChI=1S/C21H22N2O3/c1-4-12-11-23-16-9-14-13-7-5-6-8-15(13)22(2)18(14)17(23)10-21(12,19(16)24)20(25)26-3/h4-8,12,16-17H,1,9-11H2,2-3H3/t12-,16-,17-,21+/m0/s1. The molecule has 5 heterocycles. The SMILES string of the molecule is C=C[C@H]1CN2[C@H]3Cc4c(n(C)c5ccccc45)[C@@H]2C[C@]1(C(=O)OC)C3=O. The number of aryl methyl sites for hydroxylation is 1. The van der Waals surface area contributed by atoms with Gasteiger partial charge >= 0.3 is 5.97 Å². The molecule has 3 saturated heterocycles. The maximum atomic E-state index is 13.4. The summed E-state index contributed by atoms with van der Waals surface area (Å²) in [5.41, 5.74) is 2.60. The predicted molar refractivity (Wildman–Crippen MR) is 97.6 cm³/mol. The van der Waals surface area contributed by atoms with Crippen LogP contribution in [0.15, 0.2) is 36.9 Å². The summed E-state index contributed by atoms with van der Waals surface area (Å²) in [6.45, 7) is 4.58. The van der Waals surface area contributed by atoms with Crippen LogP contribution in [0, 0.1) is 11.3 Å². The number of rotatable bonds is 2. The second-order valence-electron chi connectivity index (χ2n) is 7.75. The van der Waals surface area contributed by atoms with Gasteiger partial charge in [-0.3, -0.25) is 14.5 Å². The Bertz CT molecular complexity index is 975. The summed E-state index contributed by atoms with van der Waals surface area (Å²) in [5, 5.41) is 1.22. The maximum Gasteiger partial charge on any atom is 0.320 e. The summed E-state index contributed by atoms with van der Waals surface area (Å²) in [4.78, 5) is 28.5. The van der Waals surface area contributed by atoms with E-state index in [2.05, 4.69) is 35.2 Å². The Hall–Kier alpha value is -2.40. The van der Waals surface area contributed by atoms with Crippen LogP contribution in [0.2, 0.25) is 0 Å². The molecular weight excluding hydrogens is 328 g/mol. The lowest BCUT2D eigenvalue weighted by Gasteiger charge is -2.59. The first-order chi connectivity index (χ1) is 12.5. The van der Waals surface area contributed by atoms with Gasteiger partial charge in [0.1, 0.15) is 5.41 Å². The Labute approximate surface area is 152 Å². The van der Waals surface area contributed by atoms with E-state index in [9.17, 15) is 9.59 Å². The minimum Gasteiger partial charge on any atom is -0.468 e. The topological polar surface area (TPSA) is 51.5 Å². The third-order valence-corrected chi connectivity index (χ3v) is 6.91. The lowest BCUT2D eigenvalue weighted by molar-refractivity contribution is -0.182. The van der Waals surface area contributed by atoms with Crippen molar-refractivity contribution in [2.24, 2.45) is 18.4 Å². The summed E-state index contributed by atoms with van der Waals surface area (Å²) in [6, 6.07) is 8.16. The first-order valence-electron chi connectivity index (χ1n) is 9.11. The largest absolute Gasteiger partial charge is 0.468 e. The van der Waals surface area contributed by atoms with Crippen LogP contribution in [-0.2, 0) is 27.8 Å². The van der Waals surface area contributed by atoms with Crippen molar-refractivity contribution in [2.45, 2.75) is 24.9 Å². The molecule has 4 bridgehead atoms. The number of methoxy groups -OCH3 is 1. The van der Waals surface area contributed by atoms with Crippen molar-refractivity contribution in [3.05, 3.63) is 48.2 Å². The van der Waals surface area contributed by atoms with Gasteiger partial charge in [-0.25, -0.2) is 0 Å². The number of ketones is 1. The van der Waals surface area contributed by atoms with Crippen molar-refractivity contribution in [2.75, 3.05) is 13.7 Å². The molecule has 2 aromatic rings. The zero-order valence-corrected chi connectivity index (χ0v) is 15.1. The summed E-state index contributed by atoms with van der Waals surface area (Å²) >= 11 is 0. The first-order valence-corrected chi connectivity index (χ1v) is 9.11. The molecule has 3 fully saturated rings. The number of hydrogen-bond donors (Lipinski definition) is 0. The number of piperidine rings is 3. The zero-order chi connectivity index (χ0) is 18.2. The molecular formula is C21H22N2O3. The number of benzene rings is 1. The van der Waals surface area contributed by atoms with Gasteiger partial charge in [-0.1, -0.05) is 24.3 Å². The highest BCUT2D eigenvalue weighted by molar-refractivity contribution is 6.09. The minimum absolute atomic E-state index is 0.00957. The van der Waals surface area contributed by atoms with Crippen LogP contribution in [0.5, 0.6) is 0 Å². The van der Waals surface area contributed by atoms with E-state index in [0.29, 0.717) is 19.4 Å². The Morgan fingerprint density at radius 1 is 1.35 bits per heavy atom. The van der Waals surface area contributed by atoms with E-state index < -0.39 is 11.4 Å². The Morgan fingerprint density at radius 3 is 2.85 bits per heavy atom. The fraction of sp³-hybridized carbons (Fsp3) is 0.429. The molecule has 1 aromatic carbocycles. The highest BCUT2D eigenvalue weighted by atomic mass is 16.5. The van der Waals surface area contributed by atoms with Crippen molar-refractivity contribution < 1.29 is 14.3 Å². The number of hydrogen-bond acceptors (Lipinski definition) is 4. The number of aromatic nitrogens is 1. The van der Waals surface area contributed by atoms with Crippen LogP contribution in [0.4, 0.5) is 0 Å². The number of para-hydroxylation sites is 1. The summed E-state index contributed by atoms with van der Waals surface area (Å²) < 4.78 is 7.36. The quantitative estimate of drug-likeness (QED) is 0.474. The molecule has 1 unspecified atom stereocenters. The molecule has 0 radical (unpaired) electrons. The van der Waals surface area contributed by atoms with Crippen molar-refractivity contribution in [3.63, 3.8) is 0 Å². The average Bonchev–Trinajstić information content (AvgIpc) is 2.96. The third-order valence-electron chi connectivity index (χ3n) is 6.91. The normalized spacial score (nSPS) is 34.6. The van der Waals surface area contributed by atoms with E-state index in [4.69, 9.17) is 4.74 Å². The maximum absolute atomic E-state index is 13.4. The number of fused-ring (bicyclic) bond motifs is 4. The fourth-order valence-corrected chi connectivity index (χ4v) is 5.74. The van der Waals surface area contributed by atoms with Crippen molar-refractivity contribution >= 4 is 22.7 Å². The van der Waals surface area contributed by atoms with Crippen molar-refractivity contribution in [1.82, 2.24) is 9.47 Å². The molecule has 0 aliphatic carbocycles. The van der Waals surface area contributed by atoms with Gasteiger partial charge in [0.05, 0.1) is 19.2 Å². The van der Waals surface area contributed by atoms with E-state index in [1.807, 2.05) is 12.1 Å². The van der Waals surface area contributed by atoms with E-state index in [-0.39, 0.29) is 23.8 Å². The van der Waals surface area contributed by atoms with Crippen LogP contribution < -0.4 is 0 Å². The van der Waals surface area contributed by atoms with Crippen LogP contribution in [0.25, 0.3) is 10.9 Å². The zero-order valence-electron chi connectivity index (χ0n) is 15.1. The Balaban J connectivity index is 1.75. The molecule has 6 rings (SSSR count). The number of esters is 1. The fourth-order valence-electron chi connectivity index (χ4n) is 5.74. The molecule has 5 nitrogen and oxygen atoms in total. The van der Waals surface area contributed by atoms with E-state index in [1.165, 1.54) is 29.3 Å².